The van der Waals surface area contributed by atoms with Crippen molar-refractivity contribution < 1.29 is 14.9 Å². The van der Waals surface area contributed by atoms with E-state index < -0.39 is 12.2 Å². The molecule has 3 N–H and O–H groups in total. The van der Waals surface area contributed by atoms with Gasteiger partial charge in [0.25, 0.3) is 0 Å². The van der Waals surface area contributed by atoms with Gasteiger partial charge < -0.3 is 20.3 Å². The molecule has 0 radical (unpaired) electrons. The van der Waals surface area contributed by atoms with E-state index in [2.05, 4.69) is 5.32 Å². The third kappa shape index (κ3) is 3.60. The zero-order valence-electron chi connectivity index (χ0n) is 10.4. The molecule has 1 aromatic carbocycles. The first-order valence-corrected chi connectivity index (χ1v) is 6.95. The number of hydrogen-bond donors (Lipinski definition) is 3. The first-order chi connectivity index (χ1) is 9.13. The first-order valence-electron chi connectivity index (χ1n) is 6.19. The smallest absolute Gasteiger partial charge is 0.104 e. The van der Waals surface area contributed by atoms with Crippen LogP contribution in [0.1, 0.15) is 11.5 Å². The van der Waals surface area contributed by atoms with Crippen molar-refractivity contribution in [1.82, 2.24) is 5.32 Å². The van der Waals surface area contributed by atoms with E-state index >= 15 is 0 Å². The van der Waals surface area contributed by atoms with Crippen LogP contribution in [0.15, 0.2) is 18.2 Å². The van der Waals surface area contributed by atoms with Crippen molar-refractivity contribution in [3.8, 4) is 0 Å². The SMILES string of the molecule is OC[C@H](O)C1OCCNCC1c1ccc(Cl)c(Cl)c1. The second-order valence-corrected chi connectivity index (χ2v) is 5.38. The minimum absolute atomic E-state index is 0.0839. The largest absolute Gasteiger partial charge is 0.394 e. The van der Waals surface area contributed by atoms with Gasteiger partial charge in [-0.3, -0.25) is 0 Å². The molecule has 1 saturated heterocycles. The van der Waals surface area contributed by atoms with Crippen LogP contribution in [0.2, 0.25) is 10.0 Å². The molecular formula is C13H17Cl2NO3. The van der Waals surface area contributed by atoms with Crippen molar-refractivity contribution >= 4 is 23.2 Å². The van der Waals surface area contributed by atoms with E-state index in [1.807, 2.05) is 6.07 Å². The van der Waals surface area contributed by atoms with Gasteiger partial charge in [-0.1, -0.05) is 29.3 Å². The van der Waals surface area contributed by atoms with Crippen LogP contribution in [-0.2, 0) is 4.74 Å². The number of nitrogens with one attached hydrogen (secondary N) is 1. The average Bonchev–Trinajstić information content (AvgIpc) is 2.66. The number of aliphatic hydroxyl groups is 2. The molecule has 1 aromatic rings. The second kappa shape index (κ2) is 6.88. The molecule has 0 saturated carbocycles. The van der Waals surface area contributed by atoms with Gasteiger partial charge >= 0.3 is 0 Å². The van der Waals surface area contributed by atoms with Crippen LogP contribution in [0.3, 0.4) is 0 Å². The quantitative estimate of drug-likeness (QED) is 0.790. The van der Waals surface area contributed by atoms with E-state index in [1.54, 1.807) is 12.1 Å². The molecule has 3 atom stereocenters. The maximum Gasteiger partial charge on any atom is 0.104 e. The Kier molecular flexibility index (Phi) is 5.45. The lowest BCUT2D eigenvalue weighted by atomic mass is 9.90. The molecule has 2 unspecified atom stereocenters. The lowest BCUT2D eigenvalue weighted by Gasteiger charge is -2.28. The van der Waals surface area contributed by atoms with Crippen molar-refractivity contribution in [2.24, 2.45) is 0 Å². The minimum atomic E-state index is -0.917. The highest BCUT2D eigenvalue weighted by Gasteiger charge is 2.31. The third-order valence-corrected chi connectivity index (χ3v) is 4.03. The van der Waals surface area contributed by atoms with Gasteiger partial charge in [0.05, 0.1) is 29.4 Å². The summed E-state index contributed by atoms with van der Waals surface area (Å²) in [5, 5.41) is 23.3. The maximum absolute atomic E-state index is 9.90. The summed E-state index contributed by atoms with van der Waals surface area (Å²) in [6.07, 6.45) is -1.38. The summed E-state index contributed by atoms with van der Waals surface area (Å²) in [4.78, 5) is 0. The van der Waals surface area contributed by atoms with Gasteiger partial charge in [-0.15, -0.1) is 0 Å². The predicted molar refractivity (Wildman–Crippen MR) is 74.9 cm³/mol. The zero-order valence-corrected chi connectivity index (χ0v) is 11.9. The standard InChI is InChI=1S/C13H17Cl2NO3/c14-10-2-1-8(5-11(10)15)9-6-16-3-4-19-13(9)12(18)7-17/h1-2,5,9,12-13,16-18H,3-4,6-7H2/t9?,12-,13?/m0/s1. The van der Waals surface area contributed by atoms with Gasteiger partial charge in [0.2, 0.25) is 0 Å². The molecular weight excluding hydrogens is 289 g/mol. The summed E-state index contributed by atoms with van der Waals surface area (Å²) in [6.45, 7) is 1.54. The zero-order chi connectivity index (χ0) is 13.8. The Labute approximate surface area is 122 Å². The summed E-state index contributed by atoms with van der Waals surface area (Å²) in [5.41, 5.74) is 0.932. The minimum Gasteiger partial charge on any atom is -0.394 e. The van der Waals surface area contributed by atoms with Crippen molar-refractivity contribution in [3.05, 3.63) is 33.8 Å². The van der Waals surface area contributed by atoms with Gasteiger partial charge in [0.1, 0.15) is 6.10 Å². The Balaban J connectivity index is 2.28. The van der Waals surface area contributed by atoms with Crippen LogP contribution in [0, 0.1) is 0 Å². The number of rotatable bonds is 3. The number of ether oxygens (including phenoxy) is 1. The molecule has 1 fully saturated rings. The summed E-state index contributed by atoms with van der Waals surface area (Å²) in [7, 11) is 0. The number of benzene rings is 1. The van der Waals surface area contributed by atoms with Crippen LogP contribution in [0.4, 0.5) is 0 Å². The summed E-state index contributed by atoms with van der Waals surface area (Å²) in [5.74, 6) is -0.0839. The van der Waals surface area contributed by atoms with Crippen LogP contribution < -0.4 is 5.32 Å². The molecule has 19 heavy (non-hydrogen) atoms. The normalized spacial score (nSPS) is 25.9. The number of hydrogen-bond acceptors (Lipinski definition) is 4. The molecule has 1 aliphatic rings. The van der Waals surface area contributed by atoms with Crippen molar-refractivity contribution in [1.29, 1.82) is 0 Å². The van der Waals surface area contributed by atoms with Gasteiger partial charge in [-0.2, -0.15) is 0 Å². The van der Waals surface area contributed by atoms with Crippen LogP contribution in [-0.4, -0.2) is 48.7 Å². The average molecular weight is 306 g/mol. The fraction of sp³-hybridized carbons (Fsp3) is 0.538. The van der Waals surface area contributed by atoms with Crippen molar-refractivity contribution in [3.63, 3.8) is 0 Å². The van der Waals surface area contributed by atoms with Crippen molar-refractivity contribution in [2.75, 3.05) is 26.3 Å². The molecule has 0 bridgehead atoms. The first kappa shape index (κ1) is 15.0. The Morgan fingerprint density at radius 1 is 1.37 bits per heavy atom. The molecule has 1 heterocycles. The molecule has 106 valence electrons. The Hall–Kier alpha value is -0.360. The van der Waals surface area contributed by atoms with Crippen LogP contribution in [0.5, 0.6) is 0 Å². The lowest BCUT2D eigenvalue weighted by molar-refractivity contribution is -0.0609. The summed E-state index contributed by atoms with van der Waals surface area (Å²) < 4.78 is 5.64. The molecule has 6 heteroatoms. The van der Waals surface area contributed by atoms with Crippen LogP contribution in [0.25, 0.3) is 0 Å². The van der Waals surface area contributed by atoms with E-state index in [4.69, 9.17) is 33.0 Å². The Morgan fingerprint density at radius 3 is 2.84 bits per heavy atom. The summed E-state index contributed by atoms with van der Waals surface area (Å²) >= 11 is 11.9. The van der Waals surface area contributed by atoms with E-state index in [0.29, 0.717) is 29.7 Å². The highest BCUT2D eigenvalue weighted by molar-refractivity contribution is 6.42. The fourth-order valence-corrected chi connectivity index (χ4v) is 2.60. The third-order valence-electron chi connectivity index (χ3n) is 3.29. The molecule has 2 rings (SSSR count). The van der Waals surface area contributed by atoms with Crippen molar-refractivity contribution in [2.45, 2.75) is 18.1 Å². The molecule has 0 spiro atoms. The maximum atomic E-state index is 9.90. The number of halogens is 2. The van der Waals surface area contributed by atoms with E-state index in [1.165, 1.54) is 0 Å². The predicted octanol–water partition coefficient (Wildman–Crippen LogP) is 1.42. The monoisotopic (exact) mass is 305 g/mol. The van der Waals surface area contributed by atoms with E-state index in [-0.39, 0.29) is 12.5 Å². The van der Waals surface area contributed by atoms with Gasteiger partial charge in [0, 0.05) is 19.0 Å². The molecule has 1 aliphatic heterocycles. The fourth-order valence-electron chi connectivity index (χ4n) is 2.29. The Morgan fingerprint density at radius 2 is 2.16 bits per heavy atom. The van der Waals surface area contributed by atoms with E-state index in [0.717, 1.165) is 5.56 Å². The van der Waals surface area contributed by atoms with E-state index in [9.17, 15) is 5.11 Å². The molecule has 0 amide bonds. The molecule has 0 aromatic heterocycles. The van der Waals surface area contributed by atoms with Gasteiger partial charge in [0.15, 0.2) is 0 Å². The highest BCUT2D eigenvalue weighted by Crippen LogP contribution is 2.30. The topological polar surface area (TPSA) is 61.7 Å². The van der Waals surface area contributed by atoms with Gasteiger partial charge in [-0.05, 0) is 17.7 Å². The number of aliphatic hydroxyl groups excluding tert-OH is 2. The lowest BCUT2D eigenvalue weighted by Crippen LogP contribution is -2.38. The second-order valence-electron chi connectivity index (χ2n) is 4.57. The molecule has 0 aliphatic carbocycles. The van der Waals surface area contributed by atoms with Crippen LogP contribution >= 0.6 is 23.2 Å². The molecule has 4 nitrogen and oxygen atoms in total. The van der Waals surface area contributed by atoms with Gasteiger partial charge in [-0.25, -0.2) is 0 Å². The highest BCUT2D eigenvalue weighted by atomic mass is 35.5. The summed E-state index contributed by atoms with van der Waals surface area (Å²) in [6, 6.07) is 5.38. The Bertz CT molecular complexity index is 430.